The number of amides is 1. The summed E-state index contributed by atoms with van der Waals surface area (Å²) in [5.74, 6) is 0.0807. The van der Waals surface area contributed by atoms with Crippen LogP contribution in [0.5, 0.6) is 0 Å². The third-order valence-electron chi connectivity index (χ3n) is 5.31. The maximum Gasteiger partial charge on any atom is 0.223 e. The van der Waals surface area contributed by atoms with Crippen LogP contribution in [-0.2, 0) is 21.7 Å². The Bertz CT molecular complexity index is 750. The quantitative estimate of drug-likeness (QED) is 0.763. The van der Waals surface area contributed by atoms with Crippen LogP contribution in [0.4, 0.5) is 0 Å². The number of fused-ring (bicyclic) bond motifs is 3. The van der Waals surface area contributed by atoms with Crippen LogP contribution in [0.15, 0.2) is 24.3 Å². The number of hydrogen-bond donors (Lipinski definition) is 1. The molecule has 1 atom stereocenters. The molecule has 3 rings (SSSR count). The second-order valence-corrected chi connectivity index (χ2v) is 7.31. The number of aromatic nitrogens is 1. The van der Waals surface area contributed by atoms with Gasteiger partial charge in [-0.25, -0.2) is 0 Å². The first kappa shape index (κ1) is 18.0. The van der Waals surface area contributed by atoms with E-state index in [2.05, 4.69) is 54.9 Å². The molecule has 0 saturated carbocycles. The number of nitrogens with one attached hydrogen (secondary N) is 1. The Labute approximate surface area is 150 Å². The van der Waals surface area contributed by atoms with Crippen molar-refractivity contribution < 1.29 is 9.53 Å². The van der Waals surface area contributed by atoms with Crippen LogP contribution in [0.2, 0.25) is 0 Å². The Morgan fingerprint density at radius 1 is 1.28 bits per heavy atom. The molecule has 0 bridgehead atoms. The predicted molar refractivity (Wildman–Crippen MR) is 102 cm³/mol. The van der Waals surface area contributed by atoms with Crippen molar-refractivity contribution in [3.05, 3.63) is 35.5 Å². The molecule has 2 heterocycles. The average molecular weight is 342 g/mol. The lowest BCUT2D eigenvalue weighted by atomic mass is 9.92. The van der Waals surface area contributed by atoms with Crippen molar-refractivity contribution in [2.24, 2.45) is 0 Å². The zero-order valence-corrected chi connectivity index (χ0v) is 15.7. The van der Waals surface area contributed by atoms with E-state index in [1.807, 2.05) is 0 Å². The van der Waals surface area contributed by atoms with E-state index in [9.17, 15) is 4.79 Å². The molecule has 1 aromatic carbocycles. The number of ether oxygens (including phenoxy) is 1. The van der Waals surface area contributed by atoms with Crippen molar-refractivity contribution in [1.29, 1.82) is 0 Å². The molecule has 4 nitrogen and oxygen atoms in total. The molecule has 1 amide bonds. The SMILES string of the molecule is CCCCCCNC(=O)CC1(C)OCCn2c1c(C)c1ccccc12. The number of nitrogens with zero attached hydrogens (tertiary/aromatic N) is 1. The molecule has 1 aromatic heterocycles. The van der Waals surface area contributed by atoms with Gasteiger partial charge in [-0.05, 0) is 31.9 Å². The monoisotopic (exact) mass is 342 g/mol. The Hall–Kier alpha value is -1.81. The lowest BCUT2D eigenvalue weighted by Crippen LogP contribution is -2.41. The third-order valence-corrected chi connectivity index (χ3v) is 5.31. The van der Waals surface area contributed by atoms with Gasteiger partial charge in [-0.2, -0.15) is 0 Å². The Morgan fingerprint density at radius 2 is 2.08 bits per heavy atom. The van der Waals surface area contributed by atoms with E-state index < -0.39 is 5.60 Å². The standard InChI is InChI=1S/C21H30N2O2/c1-4-5-6-9-12-22-19(24)15-21(3)20-16(2)17-10-7-8-11-18(17)23(20)13-14-25-21/h7-8,10-11H,4-6,9,12-15H2,1-3H3,(H,22,24). The molecule has 4 heteroatoms. The van der Waals surface area contributed by atoms with Gasteiger partial charge in [0.2, 0.25) is 5.91 Å². The van der Waals surface area contributed by atoms with Crippen LogP contribution in [0.3, 0.4) is 0 Å². The molecule has 1 N–H and O–H groups in total. The Balaban J connectivity index is 1.76. The second kappa shape index (κ2) is 7.61. The van der Waals surface area contributed by atoms with Gasteiger partial charge in [0, 0.05) is 24.0 Å². The van der Waals surface area contributed by atoms with Crippen LogP contribution < -0.4 is 5.32 Å². The summed E-state index contributed by atoms with van der Waals surface area (Å²) < 4.78 is 8.47. The minimum atomic E-state index is -0.561. The molecule has 0 spiro atoms. The summed E-state index contributed by atoms with van der Waals surface area (Å²) in [6, 6.07) is 8.46. The highest BCUT2D eigenvalue weighted by molar-refractivity contribution is 5.86. The van der Waals surface area contributed by atoms with Gasteiger partial charge < -0.3 is 14.6 Å². The zero-order valence-electron chi connectivity index (χ0n) is 15.7. The van der Waals surface area contributed by atoms with Crippen LogP contribution in [0.1, 0.15) is 57.2 Å². The summed E-state index contributed by atoms with van der Waals surface area (Å²) in [5.41, 5.74) is 3.06. The van der Waals surface area contributed by atoms with Crippen LogP contribution >= 0.6 is 0 Å². The van der Waals surface area contributed by atoms with Gasteiger partial charge in [-0.3, -0.25) is 4.79 Å². The van der Waals surface area contributed by atoms with Gasteiger partial charge in [0.15, 0.2) is 0 Å². The van der Waals surface area contributed by atoms with Gasteiger partial charge in [-0.15, -0.1) is 0 Å². The van der Waals surface area contributed by atoms with Crippen LogP contribution in [0.25, 0.3) is 10.9 Å². The maximum atomic E-state index is 12.5. The van der Waals surface area contributed by atoms with Gasteiger partial charge >= 0.3 is 0 Å². The zero-order chi connectivity index (χ0) is 17.9. The Kier molecular flexibility index (Phi) is 5.48. The fourth-order valence-electron chi connectivity index (χ4n) is 4.10. The summed E-state index contributed by atoms with van der Waals surface area (Å²) in [5, 5.41) is 4.33. The van der Waals surface area contributed by atoms with E-state index in [0.717, 1.165) is 25.2 Å². The molecule has 0 saturated heterocycles. The lowest BCUT2D eigenvalue weighted by molar-refractivity contribution is -0.132. The first-order valence-electron chi connectivity index (χ1n) is 9.56. The van der Waals surface area contributed by atoms with E-state index in [1.54, 1.807) is 0 Å². The van der Waals surface area contributed by atoms with E-state index in [-0.39, 0.29) is 5.91 Å². The van der Waals surface area contributed by atoms with E-state index >= 15 is 0 Å². The van der Waals surface area contributed by atoms with Crippen molar-refractivity contribution >= 4 is 16.8 Å². The molecule has 1 aliphatic heterocycles. The highest BCUT2D eigenvalue weighted by Gasteiger charge is 2.38. The molecule has 25 heavy (non-hydrogen) atoms. The minimum Gasteiger partial charge on any atom is -0.367 e. The number of para-hydroxylation sites is 1. The number of carbonyl (C=O) groups excluding carboxylic acids is 1. The average Bonchev–Trinajstić information content (AvgIpc) is 2.89. The number of hydrogen-bond acceptors (Lipinski definition) is 2. The molecular weight excluding hydrogens is 312 g/mol. The van der Waals surface area contributed by atoms with E-state index in [0.29, 0.717) is 13.0 Å². The van der Waals surface area contributed by atoms with E-state index in [1.165, 1.54) is 35.7 Å². The first-order chi connectivity index (χ1) is 12.1. The molecule has 0 radical (unpaired) electrons. The molecular formula is C21H30N2O2. The topological polar surface area (TPSA) is 43.3 Å². The third kappa shape index (κ3) is 3.59. The lowest BCUT2D eigenvalue weighted by Gasteiger charge is -2.36. The summed E-state index contributed by atoms with van der Waals surface area (Å²) in [7, 11) is 0. The predicted octanol–water partition coefficient (Wildman–Crippen LogP) is 4.28. The minimum absolute atomic E-state index is 0.0807. The summed E-state index contributed by atoms with van der Waals surface area (Å²) in [6.45, 7) is 8.64. The van der Waals surface area contributed by atoms with Crippen molar-refractivity contribution in [2.75, 3.05) is 13.2 Å². The molecule has 0 aliphatic carbocycles. The van der Waals surface area contributed by atoms with E-state index in [4.69, 9.17) is 4.74 Å². The molecule has 2 aromatic rings. The maximum absolute atomic E-state index is 12.5. The molecule has 0 fully saturated rings. The first-order valence-corrected chi connectivity index (χ1v) is 9.56. The number of aryl methyl sites for hydroxylation is 1. The van der Waals surface area contributed by atoms with Crippen molar-refractivity contribution in [3.8, 4) is 0 Å². The van der Waals surface area contributed by atoms with Crippen molar-refractivity contribution in [1.82, 2.24) is 9.88 Å². The highest BCUT2D eigenvalue weighted by atomic mass is 16.5. The number of carbonyl (C=O) groups is 1. The Morgan fingerprint density at radius 3 is 2.88 bits per heavy atom. The smallest absolute Gasteiger partial charge is 0.223 e. The highest BCUT2D eigenvalue weighted by Crippen LogP contribution is 2.39. The van der Waals surface area contributed by atoms with Gasteiger partial charge in [0.05, 0.1) is 18.7 Å². The number of benzene rings is 1. The second-order valence-electron chi connectivity index (χ2n) is 7.31. The van der Waals surface area contributed by atoms with Gasteiger partial charge in [0.1, 0.15) is 5.60 Å². The van der Waals surface area contributed by atoms with Crippen LogP contribution in [0, 0.1) is 6.92 Å². The molecule has 1 unspecified atom stereocenters. The summed E-state index contributed by atoms with van der Waals surface area (Å²) in [6.07, 6.45) is 5.05. The van der Waals surface area contributed by atoms with Crippen molar-refractivity contribution in [2.45, 2.75) is 65.0 Å². The fraction of sp³-hybridized carbons (Fsp3) is 0.571. The largest absolute Gasteiger partial charge is 0.367 e. The van der Waals surface area contributed by atoms with Crippen molar-refractivity contribution in [3.63, 3.8) is 0 Å². The van der Waals surface area contributed by atoms with Gasteiger partial charge in [0.25, 0.3) is 0 Å². The summed E-state index contributed by atoms with van der Waals surface area (Å²) >= 11 is 0. The van der Waals surface area contributed by atoms with Gasteiger partial charge in [-0.1, -0.05) is 44.4 Å². The normalized spacial score (nSPS) is 19.8. The summed E-state index contributed by atoms with van der Waals surface area (Å²) in [4.78, 5) is 12.5. The fourth-order valence-corrected chi connectivity index (χ4v) is 4.10. The number of unbranched alkanes of at least 4 members (excludes halogenated alkanes) is 3. The molecule has 1 aliphatic rings. The number of rotatable bonds is 7. The molecule has 136 valence electrons. The van der Waals surface area contributed by atoms with Crippen LogP contribution in [-0.4, -0.2) is 23.6 Å².